The minimum Gasteiger partial charge on any atom is -0.393 e. The molecular weight excluding hydrogens is 178 g/mol. The number of hydrogen-bond donors (Lipinski definition) is 2. The number of nitrogens with one attached hydrogen (secondary N) is 1. The fourth-order valence-electron chi connectivity index (χ4n) is 2.06. The number of aliphatic hydroxyl groups is 1. The molecule has 1 saturated carbocycles. The Balaban J connectivity index is 2.15. The van der Waals surface area contributed by atoms with Crippen LogP contribution in [0, 0.1) is 0 Å². The van der Waals surface area contributed by atoms with Gasteiger partial charge in [0, 0.05) is 18.7 Å². The maximum absolute atomic E-state index is 9.50. The summed E-state index contributed by atoms with van der Waals surface area (Å²) in [5, 5.41) is 13.0. The largest absolute Gasteiger partial charge is 0.393 e. The lowest BCUT2D eigenvalue weighted by atomic mass is 9.92. The minimum atomic E-state index is -0.0967. The molecule has 0 aromatic heterocycles. The predicted octanol–water partition coefficient (Wildman–Crippen LogP) is 1.30. The van der Waals surface area contributed by atoms with Gasteiger partial charge in [-0.25, -0.2) is 0 Å². The van der Waals surface area contributed by atoms with Gasteiger partial charge in [-0.3, -0.25) is 0 Å². The van der Waals surface area contributed by atoms with Crippen molar-refractivity contribution in [3.63, 3.8) is 0 Å². The van der Waals surface area contributed by atoms with Crippen molar-refractivity contribution in [3.05, 3.63) is 0 Å². The van der Waals surface area contributed by atoms with Gasteiger partial charge in [-0.05, 0) is 39.5 Å². The molecule has 14 heavy (non-hydrogen) atoms. The second kappa shape index (κ2) is 6.38. The first-order chi connectivity index (χ1) is 6.72. The van der Waals surface area contributed by atoms with Gasteiger partial charge in [-0.2, -0.15) is 0 Å². The third kappa shape index (κ3) is 4.40. The second-order valence-corrected chi connectivity index (χ2v) is 4.24. The Kier molecular flexibility index (Phi) is 5.45. The average molecular weight is 201 g/mol. The third-order valence-electron chi connectivity index (χ3n) is 2.74. The van der Waals surface area contributed by atoms with E-state index in [2.05, 4.69) is 12.2 Å². The Hall–Kier alpha value is -0.120. The van der Waals surface area contributed by atoms with Gasteiger partial charge in [0.2, 0.25) is 0 Å². The molecule has 3 atom stereocenters. The summed E-state index contributed by atoms with van der Waals surface area (Å²) >= 11 is 0. The van der Waals surface area contributed by atoms with Crippen LogP contribution in [0.5, 0.6) is 0 Å². The summed E-state index contributed by atoms with van der Waals surface area (Å²) in [6.45, 7) is 5.69. The predicted molar refractivity (Wildman–Crippen MR) is 57.4 cm³/mol. The zero-order valence-corrected chi connectivity index (χ0v) is 9.33. The summed E-state index contributed by atoms with van der Waals surface area (Å²) in [5.41, 5.74) is 0. The molecule has 0 aromatic rings. The van der Waals surface area contributed by atoms with Crippen LogP contribution < -0.4 is 5.32 Å². The highest BCUT2D eigenvalue weighted by Crippen LogP contribution is 2.18. The van der Waals surface area contributed by atoms with Crippen molar-refractivity contribution in [2.45, 2.75) is 57.7 Å². The van der Waals surface area contributed by atoms with E-state index in [1.807, 2.05) is 6.92 Å². The normalized spacial score (nSPS) is 30.2. The summed E-state index contributed by atoms with van der Waals surface area (Å²) in [6.07, 6.45) is 4.10. The summed E-state index contributed by atoms with van der Waals surface area (Å²) in [5.74, 6) is 0. The molecule has 0 spiro atoms. The first kappa shape index (κ1) is 12.0. The molecule has 1 fully saturated rings. The van der Waals surface area contributed by atoms with Crippen LogP contribution >= 0.6 is 0 Å². The number of hydrogen-bond acceptors (Lipinski definition) is 3. The standard InChI is InChI=1S/C11H23NO2/c1-3-14-8-9(2)12-10-5-4-6-11(13)7-10/h9-13H,3-8H2,1-2H3. The van der Waals surface area contributed by atoms with Crippen molar-refractivity contribution in [1.29, 1.82) is 0 Å². The van der Waals surface area contributed by atoms with Crippen LogP contribution in [0.2, 0.25) is 0 Å². The highest BCUT2D eigenvalue weighted by Gasteiger charge is 2.20. The SMILES string of the molecule is CCOCC(C)NC1CCCC(O)C1. The van der Waals surface area contributed by atoms with Crippen LogP contribution in [-0.2, 0) is 4.74 Å². The zero-order chi connectivity index (χ0) is 10.4. The van der Waals surface area contributed by atoms with Crippen molar-refractivity contribution >= 4 is 0 Å². The van der Waals surface area contributed by atoms with E-state index in [0.29, 0.717) is 12.1 Å². The van der Waals surface area contributed by atoms with Crippen LogP contribution in [0.1, 0.15) is 39.5 Å². The Labute approximate surface area is 86.8 Å². The molecule has 0 saturated heterocycles. The van der Waals surface area contributed by atoms with Gasteiger partial charge >= 0.3 is 0 Å². The molecule has 3 unspecified atom stereocenters. The fourth-order valence-corrected chi connectivity index (χ4v) is 2.06. The Bertz CT molecular complexity index is 152. The summed E-state index contributed by atoms with van der Waals surface area (Å²) < 4.78 is 5.34. The molecule has 2 N–H and O–H groups in total. The lowest BCUT2D eigenvalue weighted by molar-refractivity contribution is 0.0917. The topological polar surface area (TPSA) is 41.5 Å². The first-order valence-electron chi connectivity index (χ1n) is 5.74. The lowest BCUT2D eigenvalue weighted by Crippen LogP contribution is -2.42. The van der Waals surface area contributed by atoms with E-state index in [1.54, 1.807) is 0 Å². The van der Waals surface area contributed by atoms with Crippen molar-refractivity contribution in [2.24, 2.45) is 0 Å². The monoisotopic (exact) mass is 201 g/mol. The molecule has 3 nitrogen and oxygen atoms in total. The van der Waals surface area contributed by atoms with Gasteiger partial charge in [0.15, 0.2) is 0 Å². The van der Waals surface area contributed by atoms with E-state index in [-0.39, 0.29) is 6.10 Å². The second-order valence-electron chi connectivity index (χ2n) is 4.24. The maximum atomic E-state index is 9.50. The van der Waals surface area contributed by atoms with Gasteiger partial charge < -0.3 is 15.2 Å². The van der Waals surface area contributed by atoms with E-state index in [1.165, 1.54) is 6.42 Å². The molecule has 3 heteroatoms. The van der Waals surface area contributed by atoms with E-state index < -0.39 is 0 Å². The van der Waals surface area contributed by atoms with Gasteiger partial charge in [0.25, 0.3) is 0 Å². The van der Waals surface area contributed by atoms with E-state index in [4.69, 9.17) is 4.74 Å². The molecule has 84 valence electrons. The van der Waals surface area contributed by atoms with Crippen LogP contribution in [0.4, 0.5) is 0 Å². The summed E-state index contributed by atoms with van der Waals surface area (Å²) in [7, 11) is 0. The number of ether oxygens (including phenoxy) is 1. The Morgan fingerprint density at radius 2 is 2.29 bits per heavy atom. The highest BCUT2D eigenvalue weighted by atomic mass is 16.5. The third-order valence-corrected chi connectivity index (χ3v) is 2.74. The first-order valence-corrected chi connectivity index (χ1v) is 5.74. The molecule has 1 rings (SSSR count). The van der Waals surface area contributed by atoms with Gasteiger partial charge in [-0.1, -0.05) is 0 Å². The smallest absolute Gasteiger partial charge is 0.0616 e. The molecule has 0 aliphatic heterocycles. The number of rotatable bonds is 5. The maximum Gasteiger partial charge on any atom is 0.0616 e. The average Bonchev–Trinajstić information content (AvgIpc) is 2.15. The fraction of sp³-hybridized carbons (Fsp3) is 1.00. The molecular formula is C11H23NO2. The van der Waals surface area contributed by atoms with Gasteiger partial charge in [0.1, 0.15) is 0 Å². The van der Waals surface area contributed by atoms with Gasteiger partial charge in [0.05, 0.1) is 12.7 Å². The molecule has 0 amide bonds. The molecule has 1 aliphatic carbocycles. The van der Waals surface area contributed by atoms with Crippen molar-refractivity contribution < 1.29 is 9.84 Å². The Morgan fingerprint density at radius 3 is 2.93 bits per heavy atom. The van der Waals surface area contributed by atoms with Crippen LogP contribution in [0.15, 0.2) is 0 Å². The van der Waals surface area contributed by atoms with E-state index in [9.17, 15) is 5.11 Å². The van der Waals surface area contributed by atoms with Crippen LogP contribution in [-0.4, -0.2) is 36.5 Å². The van der Waals surface area contributed by atoms with Crippen molar-refractivity contribution in [2.75, 3.05) is 13.2 Å². The van der Waals surface area contributed by atoms with E-state index >= 15 is 0 Å². The summed E-state index contributed by atoms with van der Waals surface area (Å²) in [4.78, 5) is 0. The minimum absolute atomic E-state index is 0.0967. The highest BCUT2D eigenvalue weighted by molar-refractivity contribution is 4.79. The van der Waals surface area contributed by atoms with Crippen LogP contribution in [0.3, 0.4) is 0 Å². The molecule has 0 heterocycles. The lowest BCUT2D eigenvalue weighted by Gasteiger charge is -2.29. The molecule has 0 aromatic carbocycles. The molecule has 1 aliphatic rings. The molecule has 0 bridgehead atoms. The number of aliphatic hydroxyl groups excluding tert-OH is 1. The van der Waals surface area contributed by atoms with Crippen molar-refractivity contribution in [1.82, 2.24) is 5.32 Å². The van der Waals surface area contributed by atoms with Crippen molar-refractivity contribution in [3.8, 4) is 0 Å². The quantitative estimate of drug-likeness (QED) is 0.704. The Morgan fingerprint density at radius 1 is 1.50 bits per heavy atom. The zero-order valence-electron chi connectivity index (χ0n) is 9.33. The van der Waals surface area contributed by atoms with E-state index in [0.717, 1.165) is 32.5 Å². The van der Waals surface area contributed by atoms with Gasteiger partial charge in [-0.15, -0.1) is 0 Å². The molecule has 0 radical (unpaired) electrons. The summed E-state index contributed by atoms with van der Waals surface area (Å²) in [6, 6.07) is 0.874. The van der Waals surface area contributed by atoms with Crippen LogP contribution in [0.25, 0.3) is 0 Å².